The monoisotopic (exact) mass is 238 g/mol. The molecule has 0 amide bonds. The zero-order valence-electron chi connectivity index (χ0n) is 9.15. The van der Waals surface area contributed by atoms with Gasteiger partial charge in [0, 0.05) is 5.41 Å². The van der Waals surface area contributed by atoms with Crippen LogP contribution in [0.25, 0.3) is 0 Å². The summed E-state index contributed by atoms with van der Waals surface area (Å²) in [5, 5.41) is 19.3. The second-order valence-electron chi connectivity index (χ2n) is 4.49. The van der Waals surface area contributed by atoms with Gasteiger partial charge in [-0.15, -0.1) is 5.10 Å². The van der Waals surface area contributed by atoms with E-state index in [1.165, 1.54) is 0 Å². The van der Waals surface area contributed by atoms with E-state index in [0.717, 1.165) is 4.68 Å². The molecule has 0 radical (unpaired) electrons. The van der Waals surface area contributed by atoms with E-state index in [4.69, 9.17) is 5.11 Å². The van der Waals surface area contributed by atoms with E-state index in [1.807, 2.05) is 0 Å². The van der Waals surface area contributed by atoms with E-state index in [9.17, 15) is 13.2 Å². The summed E-state index contributed by atoms with van der Waals surface area (Å²) in [6, 6.07) is 0. The fourth-order valence-electron chi connectivity index (χ4n) is 1.13. The standard InChI is InChI=1S/C8H13F3N4O/c1-7(2,3)6-12-13-14-15(6)4-5(16)8(9,10)11/h5,16H,4H2,1-3H3/t5-/m1/s1. The van der Waals surface area contributed by atoms with E-state index in [0.29, 0.717) is 5.82 Å². The van der Waals surface area contributed by atoms with E-state index >= 15 is 0 Å². The van der Waals surface area contributed by atoms with Gasteiger partial charge in [0.05, 0.1) is 6.54 Å². The SMILES string of the molecule is CC(C)(C)c1nnnn1C[C@@H](O)C(F)(F)F. The number of nitrogens with zero attached hydrogens (tertiary/aromatic N) is 4. The molecule has 0 aliphatic heterocycles. The van der Waals surface area contributed by atoms with Crippen LogP contribution in [0.4, 0.5) is 13.2 Å². The molecule has 1 aromatic heterocycles. The molecule has 1 heterocycles. The maximum Gasteiger partial charge on any atom is 0.416 e. The fourth-order valence-corrected chi connectivity index (χ4v) is 1.13. The Morgan fingerprint density at radius 3 is 2.31 bits per heavy atom. The van der Waals surface area contributed by atoms with Crippen molar-refractivity contribution in [2.45, 2.75) is 45.0 Å². The average molecular weight is 238 g/mol. The second kappa shape index (κ2) is 4.00. The highest BCUT2D eigenvalue weighted by atomic mass is 19.4. The number of aromatic nitrogens is 4. The van der Waals surface area contributed by atoms with Crippen molar-refractivity contribution < 1.29 is 18.3 Å². The number of hydrogen-bond donors (Lipinski definition) is 1. The van der Waals surface area contributed by atoms with Gasteiger partial charge in [0.25, 0.3) is 0 Å². The van der Waals surface area contributed by atoms with Crippen molar-refractivity contribution in [2.75, 3.05) is 0 Å². The molecule has 1 atom stereocenters. The quantitative estimate of drug-likeness (QED) is 0.831. The Morgan fingerprint density at radius 2 is 1.88 bits per heavy atom. The lowest BCUT2D eigenvalue weighted by Gasteiger charge is -2.19. The highest BCUT2D eigenvalue weighted by Gasteiger charge is 2.39. The Morgan fingerprint density at radius 1 is 1.31 bits per heavy atom. The lowest BCUT2D eigenvalue weighted by atomic mass is 9.96. The number of tetrazole rings is 1. The summed E-state index contributed by atoms with van der Waals surface area (Å²) in [5.74, 6) is 0.302. The minimum absolute atomic E-state index is 0.302. The number of halogens is 3. The minimum Gasteiger partial charge on any atom is -0.382 e. The molecular formula is C8H13F3N4O. The Balaban J connectivity index is 2.87. The van der Waals surface area contributed by atoms with Crippen molar-refractivity contribution >= 4 is 0 Å². The lowest BCUT2D eigenvalue weighted by Crippen LogP contribution is -2.35. The van der Waals surface area contributed by atoms with Crippen LogP contribution in [-0.4, -0.2) is 37.6 Å². The van der Waals surface area contributed by atoms with E-state index in [1.54, 1.807) is 20.8 Å². The fraction of sp³-hybridized carbons (Fsp3) is 0.875. The summed E-state index contributed by atoms with van der Waals surface area (Å²) in [5.41, 5.74) is -0.477. The van der Waals surface area contributed by atoms with Crippen LogP contribution >= 0.6 is 0 Å². The molecule has 5 nitrogen and oxygen atoms in total. The molecule has 0 bridgehead atoms. The molecule has 0 saturated carbocycles. The van der Waals surface area contributed by atoms with Crippen LogP contribution < -0.4 is 0 Å². The molecule has 8 heteroatoms. The highest BCUT2D eigenvalue weighted by Crippen LogP contribution is 2.23. The number of alkyl halides is 3. The predicted molar refractivity (Wildman–Crippen MR) is 48.6 cm³/mol. The third-order valence-electron chi connectivity index (χ3n) is 1.93. The first-order valence-corrected chi connectivity index (χ1v) is 4.64. The number of aliphatic hydroxyl groups is 1. The van der Waals surface area contributed by atoms with E-state index in [2.05, 4.69) is 15.5 Å². The lowest BCUT2D eigenvalue weighted by molar-refractivity contribution is -0.208. The third kappa shape index (κ3) is 2.91. The van der Waals surface area contributed by atoms with Crippen LogP contribution in [0.5, 0.6) is 0 Å². The first kappa shape index (κ1) is 12.9. The third-order valence-corrected chi connectivity index (χ3v) is 1.93. The van der Waals surface area contributed by atoms with Gasteiger partial charge in [0.1, 0.15) is 0 Å². The normalized spacial score (nSPS) is 15.2. The van der Waals surface area contributed by atoms with Crippen molar-refractivity contribution in [3.05, 3.63) is 5.82 Å². The van der Waals surface area contributed by atoms with Gasteiger partial charge >= 0.3 is 6.18 Å². The van der Waals surface area contributed by atoms with Crippen molar-refractivity contribution in [3.63, 3.8) is 0 Å². The Labute approximate surface area is 90.3 Å². The van der Waals surface area contributed by atoms with Gasteiger partial charge in [-0.2, -0.15) is 13.2 Å². The van der Waals surface area contributed by atoms with Crippen LogP contribution in [0, 0.1) is 0 Å². The molecule has 92 valence electrons. The van der Waals surface area contributed by atoms with E-state index in [-0.39, 0.29) is 0 Å². The zero-order chi connectivity index (χ0) is 12.6. The summed E-state index contributed by atoms with van der Waals surface area (Å²) in [6.07, 6.45) is -7.13. The molecule has 0 fully saturated rings. The zero-order valence-corrected chi connectivity index (χ0v) is 9.15. The van der Waals surface area contributed by atoms with Crippen LogP contribution in [-0.2, 0) is 12.0 Å². The number of hydrogen-bond acceptors (Lipinski definition) is 4. The van der Waals surface area contributed by atoms with Gasteiger partial charge in [-0.05, 0) is 10.4 Å². The summed E-state index contributed by atoms with van der Waals surface area (Å²) in [6.45, 7) is 4.63. The van der Waals surface area contributed by atoms with E-state index < -0.39 is 24.2 Å². The summed E-state index contributed by atoms with van der Waals surface area (Å²) < 4.78 is 37.4. The van der Waals surface area contributed by atoms with Gasteiger partial charge < -0.3 is 5.11 Å². The maximum absolute atomic E-state index is 12.1. The Hall–Kier alpha value is -1.18. The van der Waals surface area contributed by atoms with Crippen molar-refractivity contribution in [1.82, 2.24) is 20.2 Å². The van der Waals surface area contributed by atoms with Gasteiger partial charge in [-0.3, -0.25) is 0 Å². The van der Waals surface area contributed by atoms with Gasteiger partial charge in [-0.25, -0.2) is 4.68 Å². The average Bonchev–Trinajstić information content (AvgIpc) is 2.49. The number of aliphatic hydroxyl groups excluding tert-OH is 1. The van der Waals surface area contributed by atoms with Crippen molar-refractivity contribution in [3.8, 4) is 0 Å². The molecular weight excluding hydrogens is 225 g/mol. The topological polar surface area (TPSA) is 63.8 Å². The van der Waals surface area contributed by atoms with Crippen LogP contribution in [0.15, 0.2) is 0 Å². The highest BCUT2D eigenvalue weighted by molar-refractivity contribution is 4.98. The van der Waals surface area contributed by atoms with Gasteiger partial charge in [0.15, 0.2) is 11.9 Å². The van der Waals surface area contributed by atoms with Crippen LogP contribution in [0.3, 0.4) is 0 Å². The van der Waals surface area contributed by atoms with Crippen molar-refractivity contribution in [1.29, 1.82) is 0 Å². The molecule has 0 aliphatic carbocycles. The molecule has 1 aromatic rings. The molecule has 0 spiro atoms. The molecule has 1 N–H and O–H groups in total. The van der Waals surface area contributed by atoms with Crippen molar-refractivity contribution in [2.24, 2.45) is 0 Å². The van der Waals surface area contributed by atoms with Crippen LogP contribution in [0.1, 0.15) is 26.6 Å². The van der Waals surface area contributed by atoms with Gasteiger partial charge in [0.2, 0.25) is 0 Å². The first-order valence-electron chi connectivity index (χ1n) is 4.64. The van der Waals surface area contributed by atoms with Gasteiger partial charge in [-0.1, -0.05) is 20.8 Å². The maximum atomic E-state index is 12.1. The molecule has 0 aliphatic rings. The molecule has 1 rings (SSSR count). The minimum atomic E-state index is -4.67. The largest absolute Gasteiger partial charge is 0.416 e. The first-order chi connectivity index (χ1) is 7.12. The second-order valence-corrected chi connectivity index (χ2v) is 4.49. The summed E-state index contributed by atoms with van der Waals surface area (Å²) >= 11 is 0. The molecule has 16 heavy (non-hydrogen) atoms. The molecule has 0 saturated heterocycles. The predicted octanol–water partition coefficient (Wildman–Crippen LogP) is 0.894. The summed E-state index contributed by atoms with van der Waals surface area (Å²) in [7, 11) is 0. The Bertz CT molecular complexity index is 355. The molecule has 0 aromatic carbocycles. The Kier molecular flexibility index (Phi) is 3.22. The summed E-state index contributed by atoms with van der Waals surface area (Å²) in [4.78, 5) is 0. The number of rotatable bonds is 2. The smallest absolute Gasteiger partial charge is 0.382 e. The van der Waals surface area contributed by atoms with Crippen LogP contribution in [0.2, 0.25) is 0 Å². The molecule has 0 unspecified atom stereocenters.